The standard InChI is InChI=1S/C17H23N2.C16H21N2.3C15H19N2/c1-11(2)16-7-13(4)15(9-18-16)17-8-12(3)14(5)10-19(17)6;1-11(2)15-9-13(4)14(10-17-15)16-8-12(3)6-7-18(16)5;1-11(2)13-6-8-17(4)15(9-13)14-10-16-7-5-12(14)3;1-11(2)13-5-6-15(17(4)10-13)14-9-16-8-7-12(14)3;1-11(2)14-9-12(3)13(10-16-14)15-7-5-6-8-17(15)4/h7-11H,1-6H3;6-11H,1-5H3;3*5-11H,1-4H3/q5*+1. The van der Waals surface area contributed by atoms with Gasteiger partial charge in [-0.25, -0.2) is 22.8 Å². The molecule has 10 rings (SSSR count). The lowest BCUT2D eigenvalue weighted by molar-refractivity contribution is -0.661. The lowest BCUT2D eigenvalue weighted by Crippen LogP contribution is -2.31. The summed E-state index contributed by atoms with van der Waals surface area (Å²) in [5.74, 6) is 2.54. The molecule has 10 nitrogen and oxygen atoms in total. The Hall–Kier alpha value is -8.50. The van der Waals surface area contributed by atoms with Crippen molar-refractivity contribution >= 4 is 0 Å². The lowest BCUT2D eigenvalue weighted by Gasteiger charge is -2.10. The van der Waals surface area contributed by atoms with Gasteiger partial charge in [0.1, 0.15) is 35.2 Å². The van der Waals surface area contributed by atoms with E-state index in [0.29, 0.717) is 29.6 Å². The maximum atomic E-state index is 4.60. The van der Waals surface area contributed by atoms with Crippen molar-refractivity contribution in [3.8, 4) is 56.3 Å². The molecule has 0 aliphatic rings. The third kappa shape index (κ3) is 18.1. The zero-order chi connectivity index (χ0) is 64.7. The van der Waals surface area contributed by atoms with Crippen LogP contribution in [0, 0.1) is 55.4 Å². The van der Waals surface area contributed by atoms with E-state index in [1.54, 1.807) is 0 Å². The fourth-order valence-electron chi connectivity index (χ4n) is 10.3. The molecule has 0 atom stereocenters. The van der Waals surface area contributed by atoms with Crippen LogP contribution in [-0.2, 0) is 35.2 Å². The van der Waals surface area contributed by atoms with Gasteiger partial charge in [0.15, 0.2) is 31.0 Å². The van der Waals surface area contributed by atoms with Crippen molar-refractivity contribution in [2.24, 2.45) is 35.2 Å². The average Bonchev–Trinajstić information content (AvgIpc) is 1.88. The van der Waals surface area contributed by atoms with Gasteiger partial charge >= 0.3 is 0 Å². The topological polar surface area (TPSA) is 83.8 Å². The Labute approximate surface area is 528 Å². The molecule has 10 heteroatoms. The number of nitrogens with zero attached hydrogens (tertiary/aromatic N) is 10. The van der Waals surface area contributed by atoms with Crippen LogP contribution >= 0.6 is 0 Å². The molecule has 10 heterocycles. The quantitative estimate of drug-likeness (QED) is 0.127. The van der Waals surface area contributed by atoms with Gasteiger partial charge in [-0.1, -0.05) is 69.2 Å². The molecule has 0 fully saturated rings. The van der Waals surface area contributed by atoms with Crippen LogP contribution in [0.15, 0.2) is 165 Å². The summed E-state index contributed by atoms with van der Waals surface area (Å²) in [6, 6.07) is 32.3. The van der Waals surface area contributed by atoms with Crippen LogP contribution < -0.4 is 22.8 Å². The zero-order valence-electron chi connectivity index (χ0n) is 57.4. The van der Waals surface area contributed by atoms with Gasteiger partial charge in [0.25, 0.3) is 0 Å². The van der Waals surface area contributed by atoms with Crippen LogP contribution in [0.4, 0.5) is 0 Å². The Morgan fingerprint density at radius 2 is 0.705 bits per heavy atom. The summed E-state index contributed by atoms with van der Waals surface area (Å²) in [5, 5.41) is 0. The Morgan fingerprint density at radius 3 is 1.15 bits per heavy atom. The van der Waals surface area contributed by atoms with Crippen molar-refractivity contribution < 1.29 is 22.8 Å². The van der Waals surface area contributed by atoms with Crippen molar-refractivity contribution in [1.82, 2.24) is 24.9 Å². The monoisotopic (exact) mass is 1180 g/mol. The minimum absolute atomic E-state index is 0.473. The first-order valence-corrected chi connectivity index (χ1v) is 31.3. The van der Waals surface area contributed by atoms with E-state index in [-0.39, 0.29) is 0 Å². The molecule has 0 saturated carbocycles. The first kappa shape index (κ1) is 68.6. The molecule has 10 aromatic rings. The van der Waals surface area contributed by atoms with Crippen molar-refractivity contribution in [3.05, 3.63) is 238 Å². The molecule has 0 aliphatic heterocycles. The molecule has 0 aliphatic carbocycles. The normalized spacial score (nSPS) is 11.0. The largest absolute Gasteiger partial charge is 0.264 e. The van der Waals surface area contributed by atoms with Gasteiger partial charge in [-0.3, -0.25) is 24.9 Å². The fraction of sp³-hybridized carbons (Fsp3) is 0.359. The van der Waals surface area contributed by atoms with E-state index in [1.807, 2.05) is 55.5 Å². The molecule has 0 aromatic carbocycles. The highest BCUT2D eigenvalue weighted by atomic mass is 14.9. The second kappa shape index (κ2) is 31.4. The van der Waals surface area contributed by atoms with Crippen molar-refractivity contribution in [1.29, 1.82) is 0 Å². The minimum Gasteiger partial charge on any atom is -0.264 e. The predicted octanol–water partition coefficient (Wildman–Crippen LogP) is 15.9. The Morgan fingerprint density at radius 1 is 0.295 bits per heavy atom. The van der Waals surface area contributed by atoms with E-state index >= 15 is 0 Å². The molecule has 0 N–H and O–H groups in total. The van der Waals surface area contributed by atoms with Gasteiger partial charge in [0.2, 0.25) is 28.5 Å². The summed E-state index contributed by atoms with van der Waals surface area (Å²) in [5.41, 5.74) is 28.6. The molecule has 0 saturated heterocycles. The third-order valence-electron chi connectivity index (χ3n) is 16.4. The van der Waals surface area contributed by atoms with Gasteiger partial charge in [0.05, 0.1) is 27.8 Å². The van der Waals surface area contributed by atoms with E-state index < -0.39 is 0 Å². The van der Waals surface area contributed by atoms with Crippen LogP contribution in [-0.4, -0.2) is 24.9 Å². The first-order valence-electron chi connectivity index (χ1n) is 31.3. The number of rotatable bonds is 10. The molecular weight excluding hydrogens is 1080 g/mol. The average molecular weight is 1180 g/mol. The number of pyridine rings is 10. The van der Waals surface area contributed by atoms with E-state index in [4.69, 9.17) is 0 Å². The summed E-state index contributed by atoms with van der Waals surface area (Å²) in [4.78, 5) is 22.1. The number of hydrogen-bond donors (Lipinski definition) is 0. The number of aryl methyl sites for hydroxylation is 13. The van der Waals surface area contributed by atoms with Crippen LogP contribution in [0.1, 0.15) is 172 Å². The van der Waals surface area contributed by atoms with Crippen LogP contribution in [0.3, 0.4) is 0 Å². The van der Waals surface area contributed by atoms with E-state index in [1.165, 1.54) is 112 Å². The molecule has 458 valence electrons. The van der Waals surface area contributed by atoms with Crippen molar-refractivity contribution in [3.63, 3.8) is 0 Å². The molecular formula is C78H101N10+5. The summed E-state index contributed by atoms with van der Waals surface area (Å²) in [6.45, 7) is 39.0. The van der Waals surface area contributed by atoms with Crippen molar-refractivity contribution in [2.75, 3.05) is 0 Å². The molecule has 0 unspecified atom stereocenters. The fourth-order valence-corrected chi connectivity index (χ4v) is 10.3. The summed E-state index contributed by atoms with van der Waals surface area (Å²) in [7, 11) is 10.4. The first-order chi connectivity index (χ1) is 41.7. The maximum absolute atomic E-state index is 4.60. The van der Waals surface area contributed by atoms with Crippen LogP contribution in [0.5, 0.6) is 0 Å². The SMILES string of the molecule is Cc1cc(-c2cnc(C(C)C)cc2C)[n+](C)cc1C.Cc1cc(C(C)C)ncc1-c1cccc[n+]1C.Cc1cc[n+](C)c(-c2cnc(C(C)C)cc2C)c1.Cc1ccncc1-c1cc(C(C)C)cc[n+]1C.Cc1ccncc1-c1ccc(C(C)C)c[n+]1C. The summed E-state index contributed by atoms with van der Waals surface area (Å²) >= 11 is 0. The smallest absolute Gasteiger partial charge is 0.214 e. The zero-order valence-corrected chi connectivity index (χ0v) is 57.4. The molecule has 0 radical (unpaired) electrons. The summed E-state index contributed by atoms with van der Waals surface area (Å²) in [6.07, 6.45) is 24.2. The highest BCUT2D eigenvalue weighted by Gasteiger charge is 2.20. The lowest BCUT2D eigenvalue weighted by atomic mass is 10.0. The molecule has 0 bridgehead atoms. The third-order valence-corrected chi connectivity index (χ3v) is 16.4. The van der Waals surface area contributed by atoms with Gasteiger partial charge in [0, 0.05) is 120 Å². The minimum atomic E-state index is 0.473. The van der Waals surface area contributed by atoms with Crippen LogP contribution in [0.25, 0.3) is 56.3 Å². The molecule has 0 spiro atoms. The van der Waals surface area contributed by atoms with Gasteiger partial charge in [-0.2, -0.15) is 0 Å². The van der Waals surface area contributed by atoms with Gasteiger partial charge < -0.3 is 0 Å². The Bertz CT molecular complexity index is 3870. The molecule has 10 aromatic heterocycles. The predicted molar refractivity (Wildman–Crippen MR) is 363 cm³/mol. The second-order valence-electron chi connectivity index (χ2n) is 25.4. The molecule has 0 amide bonds. The van der Waals surface area contributed by atoms with E-state index in [9.17, 15) is 0 Å². The number of aromatic nitrogens is 10. The Kier molecular flexibility index (Phi) is 24.5. The van der Waals surface area contributed by atoms with E-state index in [2.05, 4.69) is 317 Å². The maximum Gasteiger partial charge on any atom is 0.214 e. The van der Waals surface area contributed by atoms with Gasteiger partial charge in [-0.05, 0) is 172 Å². The number of hydrogen-bond acceptors (Lipinski definition) is 5. The molecule has 88 heavy (non-hydrogen) atoms. The van der Waals surface area contributed by atoms with Gasteiger partial charge in [-0.15, -0.1) is 0 Å². The Balaban J connectivity index is 0.000000176. The van der Waals surface area contributed by atoms with E-state index in [0.717, 1.165) is 17.1 Å². The summed E-state index contributed by atoms with van der Waals surface area (Å²) < 4.78 is 10.8. The highest BCUT2D eigenvalue weighted by molar-refractivity contribution is 5.63. The highest BCUT2D eigenvalue weighted by Crippen LogP contribution is 2.28. The van der Waals surface area contributed by atoms with Crippen LogP contribution in [0.2, 0.25) is 0 Å². The van der Waals surface area contributed by atoms with Crippen molar-refractivity contribution in [2.45, 2.75) is 154 Å². The second-order valence-corrected chi connectivity index (χ2v) is 25.4.